The van der Waals surface area contributed by atoms with E-state index in [9.17, 15) is 0 Å². The van der Waals surface area contributed by atoms with E-state index in [0.717, 1.165) is 29.7 Å². The molecule has 7 nitrogen and oxygen atoms in total. The molecule has 0 atom stereocenters. The molecule has 0 unspecified atom stereocenters. The second kappa shape index (κ2) is 9.76. The normalized spacial score (nSPS) is 10.9. The van der Waals surface area contributed by atoms with Gasteiger partial charge in [-0.15, -0.1) is 4.33 Å². The molecular weight excluding hydrogens is 416 g/mol. The van der Waals surface area contributed by atoms with Gasteiger partial charge in [0.1, 0.15) is 5.75 Å². The first-order valence-corrected chi connectivity index (χ1v) is 10.2. The van der Waals surface area contributed by atoms with E-state index in [1.54, 1.807) is 25.4 Å². The molecular formula is C23H21N2O5S+. The summed E-state index contributed by atoms with van der Waals surface area (Å²) in [6.45, 7) is 2.89. The lowest BCUT2D eigenvalue weighted by Crippen LogP contribution is -2.33. The first-order chi connectivity index (χ1) is 15.2. The van der Waals surface area contributed by atoms with Crippen molar-refractivity contribution in [3.8, 4) is 28.5 Å². The Hall–Kier alpha value is -3.17. The Morgan fingerprint density at radius 2 is 1.90 bits per heavy atom. The van der Waals surface area contributed by atoms with Crippen molar-refractivity contribution in [2.75, 3.05) is 7.11 Å². The Labute approximate surface area is 183 Å². The van der Waals surface area contributed by atoms with Crippen LogP contribution >= 0.6 is 12.0 Å². The van der Waals surface area contributed by atoms with Gasteiger partial charge in [-0.3, -0.25) is 0 Å². The van der Waals surface area contributed by atoms with Crippen LogP contribution in [0.3, 0.4) is 0 Å². The third kappa shape index (κ3) is 5.12. The maximum atomic E-state index is 8.41. The van der Waals surface area contributed by atoms with Gasteiger partial charge in [0.15, 0.2) is 24.7 Å². The molecule has 0 aliphatic heterocycles. The predicted octanol–water partition coefficient (Wildman–Crippen LogP) is 5.09. The average Bonchev–Trinajstić information content (AvgIpc) is 3.28. The summed E-state index contributed by atoms with van der Waals surface area (Å²) in [6.07, 6.45) is 5.69. The van der Waals surface area contributed by atoms with Crippen molar-refractivity contribution >= 4 is 12.0 Å². The zero-order chi connectivity index (χ0) is 21.6. The van der Waals surface area contributed by atoms with E-state index < -0.39 is 0 Å². The van der Waals surface area contributed by atoms with Gasteiger partial charge in [0, 0.05) is 28.8 Å². The second-order valence-corrected chi connectivity index (χ2v) is 7.61. The van der Waals surface area contributed by atoms with Gasteiger partial charge in [-0.1, -0.05) is 28.8 Å². The van der Waals surface area contributed by atoms with Gasteiger partial charge in [-0.25, -0.2) is 14.8 Å². The van der Waals surface area contributed by atoms with Gasteiger partial charge in [0.25, 0.3) is 0 Å². The van der Waals surface area contributed by atoms with E-state index in [4.69, 9.17) is 14.4 Å². The number of hydrogen-bond acceptors (Lipinski definition) is 7. The molecule has 0 amide bonds. The number of aromatic nitrogens is 2. The van der Waals surface area contributed by atoms with Crippen LogP contribution in [0.4, 0.5) is 0 Å². The maximum absolute atomic E-state index is 8.41. The van der Waals surface area contributed by atoms with Crippen LogP contribution in [-0.4, -0.2) is 17.4 Å². The van der Waals surface area contributed by atoms with Crippen LogP contribution in [0.1, 0.15) is 11.1 Å². The average molecular weight is 437 g/mol. The lowest BCUT2D eigenvalue weighted by molar-refractivity contribution is -0.688. The molecule has 31 heavy (non-hydrogen) atoms. The van der Waals surface area contributed by atoms with Gasteiger partial charge in [0.2, 0.25) is 5.89 Å². The summed E-state index contributed by atoms with van der Waals surface area (Å²) in [5.41, 5.74) is 4.17. The summed E-state index contributed by atoms with van der Waals surface area (Å²) in [5, 5.41) is 12.1. The summed E-state index contributed by atoms with van der Waals surface area (Å²) in [7, 11) is 1.55. The quantitative estimate of drug-likeness (QED) is 0.178. The van der Waals surface area contributed by atoms with E-state index in [1.165, 1.54) is 11.1 Å². The van der Waals surface area contributed by atoms with Crippen LogP contribution in [0.5, 0.6) is 5.75 Å². The van der Waals surface area contributed by atoms with Crippen LogP contribution in [0.15, 0.2) is 82.5 Å². The Morgan fingerprint density at radius 3 is 2.65 bits per heavy atom. The fourth-order valence-corrected chi connectivity index (χ4v) is 3.73. The molecule has 2 heterocycles. The third-order valence-corrected chi connectivity index (χ3v) is 5.32. The fourth-order valence-electron chi connectivity index (χ4n) is 3.21. The fraction of sp³-hybridized carbons (Fsp3) is 0.130. The molecule has 4 rings (SSSR count). The molecule has 0 aliphatic rings. The molecule has 8 heteroatoms. The number of oxazole rings is 1. The summed E-state index contributed by atoms with van der Waals surface area (Å²) in [6, 6.07) is 17.8. The van der Waals surface area contributed by atoms with Crippen LogP contribution in [0, 0.1) is 6.92 Å². The standard InChI is InChI=1S/C23H20N2O5S/c1-16-4-3-5-17(12-16)15-25-10-8-18(9-11-25)23-24-14-21(28-23)19-6-7-20(27-2)22(13-19)31-30-29-26/h3-14H,15H2,1-2H3/p+1. The minimum atomic E-state index is 0.526. The number of pyridine rings is 1. The first-order valence-electron chi connectivity index (χ1n) is 9.50. The smallest absolute Gasteiger partial charge is 0.227 e. The Morgan fingerprint density at radius 1 is 1.06 bits per heavy atom. The van der Waals surface area contributed by atoms with E-state index in [0.29, 0.717) is 22.3 Å². The SMILES string of the molecule is COc1ccc(-c2cnc(-c3cc[n+](Cc4cccc(C)c4)cc3)o2)cc1SOOO. The molecule has 2 aromatic carbocycles. The van der Waals surface area contributed by atoms with Crippen molar-refractivity contribution in [2.24, 2.45) is 0 Å². The number of rotatable bonds is 8. The van der Waals surface area contributed by atoms with Crippen LogP contribution in [0.2, 0.25) is 0 Å². The number of hydrogen-bond donors (Lipinski definition) is 1. The highest BCUT2D eigenvalue weighted by Gasteiger charge is 2.14. The molecule has 0 aliphatic carbocycles. The Bertz CT molecular complexity index is 1160. The minimum Gasteiger partial charge on any atom is -0.495 e. The van der Waals surface area contributed by atoms with Crippen LogP contribution in [-0.2, 0) is 15.9 Å². The van der Waals surface area contributed by atoms with Crippen LogP contribution in [0.25, 0.3) is 22.8 Å². The molecule has 0 spiro atoms. The highest BCUT2D eigenvalue weighted by molar-refractivity contribution is 7.94. The van der Waals surface area contributed by atoms with Gasteiger partial charge in [-0.2, -0.15) is 0 Å². The summed E-state index contributed by atoms with van der Waals surface area (Å²) >= 11 is 0.825. The topological polar surface area (TPSA) is 77.8 Å². The van der Waals surface area contributed by atoms with Gasteiger partial charge in [0.05, 0.1) is 30.2 Å². The molecule has 0 radical (unpaired) electrons. The molecule has 4 aromatic rings. The van der Waals surface area contributed by atoms with Gasteiger partial charge >= 0.3 is 0 Å². The molecule has 1 N–H and O–H groups in total. The number of nitrogens with zero attached hydrogens (tertiary/aromatic N) is 2. The van der Waals surface area contributed by atoms with Crippen molar-refractivity contribution in [3.05, 3.63) is 84.3 Å². The number of ether oxygens (including phenoxy) is 1. The molecule has 0 fully saturated rings. The van der Waals surface area contributed by atoms with Gasteiger partial charge < -0.3 is 9.15 Å². The van der Waals surface area contributed by atoms with E-state index in [1.807, 2.05) is 30.6 Å². The van der Waals surface area contributed by atoms with Gasteiger partial charge in [-0.05, 0) is 31.2 Å². The lowest BCUT2D eigenvalue weighted by atomic mass is 10.1. The summed E-state index contributed by atoms with van der Waals surface area (Å²) < 4.78 is 17.9. The highest BCUT2D eigenvalue weighted by atomic mass is 32.2. The molecule has 2 aromatic heterocycles. The highest BCUT2D eigenvalue weighted by Crippen LogP contribution is 2.35. The predicted molar refractivity (Wildman–Crippen MR) is 115 cm³/mol. The molecule has 0 saturated heterocycles. The summed E-state index contributed by atoms with van der Waals surface area (Å²) in [4.78, 5) is 5.03. The van der Waals surface area contributed by atoms with Crippen molar-refractivity contribution in [1.29, 1.82) is 0 Å². The molecule has 0 saturated carbocycles. The largest absolute Gasteiger partial charge is 0.495 e. The third-order valence-electron chi connectivity index (χ3n) is 4.69. The minimum absolute atomic E-state index is 0.526. The second-order valence-electron chi connectivity index (χ2n) is 6.87. The number of aryl methyl sites for hydroxylation is 1. The van der Waals surface area contributed by atoms with Crippen molar-refractivity contribution in [2.45, 2.75) is 18.4 Å². The zero-order valence-corrected chi connectivity index (χ0v) is 17.8. The van der Waals surface area contributed by atoms with Crippen LogP contribution < -0.4 is 9.30 Å². The first kappa shape index (κ1) is 21.1. The monoisotopic (exact) mass is 437 g/mol. The van der Waals surface area contributed by atoms with Crippen molar-refractivity contribution < 1.29 is 28.4 Å². The van der Waals surface area contributed by atoms with E-state index in [2.05, 4.69) is 50.1 Å². The zero-order valence-electron chi connectivity index (χ0n) is 17.0. The lowest BCUT2D eigenvalue weighted by Gasteiger charge is -2.07. The summed E-state index contributed by atoms with van der Waals surface area (Å²) in [5.74, 6) is 1.70. The van der Waals surface area contributed by atoms with Crippen molar-refractivity contribution in [1.82, 2.24) is 4.98 Å². The molecule has 158 valence electrons. The van der Waals surface area contributed by atoms with E-state index in [-0.39, 0.29) is 0 Å². The number of benzene rings is 2. The Balaban J connectivity index is 1.52. The Kier molecular flexibility index (Phi) is 6.63. The molecule has 0 bridgehead atoms. The van der Waals surface area contributed by atoms with E-state index >= 15 is 0 Å². The van der Waals surface area contributed by atoms with Crippen molar-refractivity contribution in [3.63, 3.8) is 0 Å². The maximum Gasteiger partial charge on any atom is 0.227 e. The number of methoxy groups -OCH3 is 1.